The highest BCUT2D eigenvalue weighted by molar-refractivity contribution is 5.84. The summed E-state index contributed by atoms with van der Waals surface area (Å²) in [6.07, 6.45) is 0.957. The van der Waals surface area contributed by atoms with Gasteiger partial charge in [0.1, 0.15) is 0 Å². The Morgan fingerprint density at radius 2 is 1.60 bits per heavy atom. The zero-order chi connectivity index (χ0) is 13.9. The zero-order valence-corrected chi connectivity index (χ0v) is 12.1. The van der Waals surface area contributed by atoms with Crippen LogP contribution in [0.5, 0.6) is 0 Å². The van der Waals surface area contributed by atoms with Gasteiger partial charge in [0.25, 0.3) is 0 Å². The lowest BCUT2D eigenvalue weighted by molar-refractivity contribution is 0.402. The third-order valence-electron chi connectivity index (χ3n) is 3.60. The number of hydrogen-bond acceptors (Lipinski definition) is 1. The lowest BCUT2D eigenvalue weighted by Gasteiger charge is -2.11. The molecule has 0 spiro atoms. The van der Waals surface area contributed by atoms with Gasteiger partial charge in [-0.05, 0) is 31.3 Å². The van der Waals surface area contributed by atoms with Gasteiger partial charge in [-0.25, -0.2) is 0 Å². The minimum atomic E-state index is 0.957. The van der Waals surface area contributed by atoms with Crippen LogP contribution in [0.4, 0.5) is 0 Å². The van der Waals surface area contributed by atoms with Crippen LogP contribution in [0.25, 0.3) is 10.9 Å². The molecule has 102 valence electrons. The molecule has 0 saturated carbocycles. The van der Waals surface area contributed by atoms with Gasteiger partial charge < -0.3 is 9.88 Å². The van der Waals surface area contributed by atoms with Crippen molar-refractivity contribution in [3.8, 4) is 0 Å². The van der Waals surface area contributed by atoms with Gasteiger partial charge >= 0.3 is 0 Å². The van der Waals surface area contributed by atoms with Gasteiger partial charge in [0, 0.05) is 29.6 Å². The fraction of sp³-hybridized carbons (Fsp3) is 0.222. The topological polar surface area (TPSA) is 19.0 Å². The van der Waals surface area contributed by atoms with Crippen molar-refractivity contribution < 1.29 is 0 Å². The van der Waals surface area contributed by atoms with E-state index < -0.39 is 0 Å². The molecule has 0 radical (unpaired) electrons. The molecule has 20 heavy (non-hydrogen) atoms. The summed E-state index contributed by atoms with van der Waals surface area (Å²) >= 11 is 0. The van der Waals surface area contributed by atoms with Gasteiger partial charge in [-0.15, -0.1) is 0 Å². The van der Waals surface area contributed by atoms with Gasteiger partial charge in [0.2, 0.25) is 0 Å². The number of benzene rings is 2. The van der Waals surface area contributed by atoms with E-state index in [0.29, 0.717) is 0 Å². The molecule has 1 aromatic heterocycles. The number of para-hydroxylation sites is 1. The lowest BCUT2D eigenvalue weighted by Crippen LogP contribution is -2.12. The second-order valence-electron chi connectivity index (χ2n) is 5.53. The van der Waals surface area contributed by atoms with Crippen LogP contribution in [0.1, 0.15) is 16.8 Å². The summed E-state index contributed by atoms with van der Waals surface area (Å²) in [6, 6.07) is 19.2. The number of aromatic amines is 1. The monoisotopic (exact) mass is 264 g/mol. The number of fused-ring (bicyclic) bond motifs is 1. The maximum Gasteiger partial charge on any atom is 0.0459 e. The Balaban J connectivity index is 2.04. The highest BCUT2D eigenvalue weighted by Gasteiger charge is 2.12. The first-order chi connectivity index (χ1) is 9.74. The minimum absolute atomic E-state index is 0.957. The van der Waals surface area contributed by atoms with Crippen LogP contribution in [0.15, 0.2) is 54.6 Å². The normalized spacial score (nSPS) is 11.3. The zero-order valence-electron chi connectivity index (χ0n) is 12.1. The molecule has 0 fully saturated rings. The Hall–Kier alpha value is -2.06. The second-order valence-corrected chi connectivity index (χ2v) is 5.53. The Labute approximate surface area is 120 Å². The highest BCUT2D eigenvalue weighted by Crippen LogP contribution is 2.25. The van der Waals surface area contributed by atoms with Crippen LogP contribution >= 0.6 is 0 Å². The molecule has 2 heteroatoms. The summed E-state index contributed by atoms with van der Waals surface area (Å²) < 4.78 is 0. The van der Waals surface area contributed by atoms with Crippen molar-refractivity contribution in [3.63, 3.8) is 0 Å². The first-order valence-electron chi connectivity index (χ1n) is 7.01. The average Bonchev–Trinajstić information content (AvgIpc) is 2.78. The van der Waals surface area contributed by atoms with Crippen molar-refractivity contribution in [1.82, 2.24) is 9.88 Å². The third-order valence-corrected chi connectivity index (χ3v) is 3.60. The van der Waals surface area contributed by atoms with E-state index in [1.165, 1.54) is 27.7 Å². The van der Waals surface area contributed by atoms with Crippen LogP contribution in [0, 0.1) is 0 Å². The molecule has 2 aromatic carbocycles. The van der Waals surface area contributed by atoms with E-state index in [2.05, 4.69) is 78.6 Å². The smallest absolute Gasteiger partial charge is 0.0459 e. The van der Waals surface area contributed by atoms with Crippen LogP contribution in [-0.2, 0) is 13.0 Å². The molecule has 2 nitrogen and oxygen atoms in total. The van der Waals surface area contributed by atoms with Gasteiger partial charge in [0.05, 0.1) is 0 Å². The summed E-state index contributed by atoms with van der Waals surface area (Å²) in [7, 11) is 4.24. The van der Waals surface area contributed by atoms with E-state index in [4.69, 9.17) is 0 Å². The second kappa shape index (κ2) is 5.51. The SMILES string of the molecule is CN(C)Cc1c(Cc2ccccc2)[nH]c2ccccc12. The van der Waals surface area contributed by atoms with Gasteiger partial charge in [0.15, 0.2) is 0 Å². The quantitative estimate of drug-likeness (QED) is 0.759. The molecular formula is C18H20N2. The summed E-state index contributed by atoms with van der Waals surface area (Å²) in [5.74, 6) is 0. The molecule has 3 rings (SSSR count). The van der Waals surface area contributed by atoms with E-state index in [9.17, 15) is 0 Å². The van der Waals surface area contributed by atoms with Crippen LogP contribution in [0.3, 0.4) is 0 Å². The number of nitrogens with one attached hydrogen (secondary N) is 1. The molecule has 0 bridgehead atoms. The maximum absolute atomic E-state index is 3.59. The minimum Gasteiger partial charge on any atom is -0.358 e. The predicted octanol–water partition coefficient (Wildman–Crippen LogP) is 3.82. The number of aromatic nitrogens is 1. The van der Waals surface area contributed by atoms with E-state index in [-0.39, 0.29) is 0 Å². The molecule has 1 heterocycles. The van der Waals surface area contributed by atoms with Crippen molar-refractivity contribution in [2.45, 2.75) is 13.0 Å². The van der Waals surface area contributed by atoms with Crippen molar-refractivity contribution in [2.24, 2.45) is 0 Å². The molecule has 0 saturated heterocycles. The van der Waals surface area contributed by atoms with Crippen LogP contribution in [-0.4, -0.2) is 24.0 Å². The lowest BCUT2D eigenvalue weighted by atomic mass is 10.0. The Morgan fingerprint density at radius 1 is 0.900 bits per heavy atom. The number of H-pyrrole nitrogens is 1. The van der Waals surface area contributed by atoms with Gasteiger partial charge in [-0.2, -0.15) is 0 Å². The van der Waals surface area contributed by atoms with Crippen molar-refractivity contribution in [1.29, 1.82) is 0 Å². The molecule has 0 aliphatic rings. The van der Waals surface area contributed by atoms with Crippen LogP contribution in [0.2, 0.25) is 0 Å². The van der Waals surface area contributed by atoms with E-state index >= 15 is 0 Å². The molecule has 0 aliphatic heterocycles. The van der Waals surface area contributed by atoms with E-state index in [0.717, 1.165) is 13.0 Å². The Kier molecular flexibility index (Phi) is 3.57. The van der Waals surface area contributed by atoms with Gasteiger partial charge in [-0.3, -0.25) is 0 Å². The molecule has 1 N–H and O–H groups in total. The maximum atomic E-state index is 3.59. The molecular weight excluding hydrogens is 244 g/mol. The first kappa shape index (κ1) is 12.9. The number of rotatable bonds is 4. The number of nitrogens with zero attached hydrogens (tertiary/aromatic N) is 1. The first-order valence-corrected chi connectivity index (χ1v) is 7.01. The largest absolute Gasteiger partial charge is 0.358 e. The fourth-order valence-corrected chi connectivity index (χ4v) is 2.70. The van der Waals surface area contributed by atoms with Crippen molar-refractivity contribution in [3.05, 3.63) is 71.4 Å². The van der Waals surface area contributed by atoms with Crippen LogP contribution < -0.4 is 0 Å². The standard InChI is InChI=1S/C18H20N2/c1-20(2)13-16-15-10-6-7-11-17(15)19-18(16)12-14-8-4-3-5-9-14/h3-11,19H,12-13H2,1-2H3. The van der Waals surface area contributed by atoms with E-state index in [1.54, 1.807) is 0 Å². The average molecular weight is 264 g/mol. The van der Waals surface area contributed by atoms with Crippen molar-refractivity contribution >= 4 is 10.9 Å². The molecule has 0 unspecified atom stereocenters. The summed E-state index contributed by atoms with van der Waals surface area (Å²) in [5, 5.41) is 1.34. The fourth-order valence-electron chi connectivity index (χ4n) is 2.70. The van der Waals surface area contributed by atoms with Crippen molar-refractivity contribution in [2.75, 3.05) is 14.1 Å². The number of hydrogen-bond donors (Lipinski definition) is 1. The third kappa shape index (κ3) is 2.61. The van der Waals surface area contributed by atoms with E-state index in [1.807, 2.05) is 0 Å². The Bertz CT molecular complexity index is 696. The van der Waals surface area contributed by atoms with Gasteiger partial charge in [-0.1, -0.05) is 48.5 Å². The summed E-state index contributed by atoms with van der Waals surface area (Å²) in [6.45, 7) is 0.964. The molecule has 0 amide bonds. The highest BCUT2D eigenvalue weighted by atomic mass is 15.1. The summed E-state index contributed by atoms with van der Waals surface area (Å²) in [4.78, 5) is 5.82. The summed E-state index contributed by atoms with van der Waals surface area (Å²) in [5.41, 5.74) is 5.31. The predicted molar refractivity (Wildman–Crippen MR) is 84.9 cm³/mol. The Morgan fingerprint density at radius 3 is 2.35 bits per heavy atom. The molecule has 0 aliphatic carbocycles. The molecule has 3 aromatic rings. The molecule has 0 atom stereocenters.